The molecule has 0 atom stereocenters. The van der Waals surface area contributed by atoms with Crippen LogP contribution in [0.15, 0.2) is 6.20 Å². The molecule has 0 aliphatic carbocycles. The summed E-state index contributed by atoms with van der Waals surface area (Å²) in [5.74, 6) is -0.703. The van der Waals surface area contributed by atoms with E-state index in [0.29, 0.717) is 0 Å². The normalized spacial score (nSPS) is 10.5. The molecule has 1 aromatic rings. The molecule has 0 aliphatic heterocycles. The van der Waals surface area contributed by atoms with Crippen LogP contribution in [0.2, 0.25) is 0 Å². The predicted molar refractivity (Wildman–Crippen MR) is 61.3 cm³/mol. The molecule has 0 radical (unpaired) electrons. The zero-order valence-electron chi connectivity index (χ0n) is 9.03. The predicted octanol–water partition coefficient (Wildman–Crippen LogP) is 2.89. The van der Waals surface area contributed by atoms with E-state index in [1.165, 1.54) is 9.88 Å². The number of hydrogen-bond donors (Lipinski definition) is 1. The zero-order chi connectivity index (χ0) is 11.1. The maximum absolute atomic E-state index is 10.3. The smallest absolute Gasteiger partial charge is 0.303 e. The largest absolute Gasteiger partial charge is 0.481 e. The highest BCUT2D eigenvalue weighted by Gasteiger charge is 2.02. The van der Waals surface area contributed by atoms with E-state index in [2.05, 4.69) is 11.9 Å². The Morgan fingerprint density at radius 3 is 2.93 bits per heavy atom. The van der Waals surface area contributed by atoms with Gasteiger partial charge in [0.05, 0.1) is 5.01 Å². The zero-order valence-corrected chi connectivity index (χ0v) is 9.85. The number of carboxylic acids is 1. The van der Waals surface area contributed by atoms with Crippen molar-refractivity contribution in [2.24, 2.45) is 0 Å². The van der Waals surface area contributed by atoms with Gasteiger partial charge < -0.3 is 5.11 Å². The van der Waals surface area contributed by atoms with Gasteiger partial charge in [-0.05, 0) is 32.1 Å². The summed E-state index contributed by atoms with van der Waals surface area (Å²) in [5, 5.41) is 9.67. The molecule has 84 valence electrons. The number of rotatable bonds is 7. The average molecular weight is 227 g/mol. The van der Waals surface area contributed by atoms with Gasteiger partial charge in [-0.25, -0.2) is 4.98 Å². The Balaban J connectivity index is 2.22. The molecule has 4 heteroatoms. The first kappa shape index (κ1) is 12.2. The van der Waals surface area contributed by atoms with Crippen molar-refractivity contribution in [3.8, 4) is 0 Å². The molecule has 0 bridgehead atoms. The van der Waals surface area contributed by atoms with Crippen molar-refractivity contribution >= 4 is 17.3 Å². The highest BCUT2D eigenvalue weighted by Crippen LogP contribution is 2.17. The molecule has 1 N–H and O–H groups in total. The van der Waals surface area contributed by atoms with Gasteiger partial charge in [0.15, 0.2) is 0 Å². The third-order valence-electron chi connectivity index (χ3n) is 2.13. The first-order valence-corrected chi connectivity index (χ1v) is 6.19. The maximum Gasteiger partial charge on any atom is 0.303 e. The number of nitrogens with zero attached hydrogens (tertiary/aromatic N) is 1. The van der Waals surface area contributed by atoms with E-state index >= 15 is 0 Å². The molecule has 0 unspecified atom stereocenters. The Hall–Kier alpha value is -0.900. The van der Waals surface area contributed by atoms with Gasteiger partial charge in [0, 0.05) is 17.5 Å². The van der Waals surface area contributed by atoms with Crippen LogP contribution in [0, 0.1) is 0 Å². The lowest BCUT2D eigenvalue weighted by Gasteiger charge is -1.95. The number of carbonyl (C=O) groups is 1. The monoisotopic (exact) mass is 227 g/mol. The van der Waals surface area contributed by atoms with E-state index < -0.39 is 5.97 Å². The van der Waals surface area contributed by atoms with Crippen LogP contribution in [0.25, 0.3) is 0 Å². The Kier molecular flexibility index (Phi) is 5.32. The molecule has 0 amide bonds. The fourth-order valence-electron chi connectivity index (χ4n) is 1.37. The van der Waals surface area contributed by atoms with Gasteiger partial charge in [0.25, 0.3) is 0 Å². The molecule has 0 fully saturated rings. The minimum atomic E-state index is -0.703. The molecular formula is C11H17NO2S. The van der Waals surface area contributed by atoms with Crippen LogP contribution in [0.4, 0.5) is 0 Å². The van der Waals surface area contributed by atoms with E-state index in [0.717, 1.165) is 32.1 Å². The first-order valence-electron chi connectivity index (χ1n) is 5.37. The second-order valence-corrected chi connectivity index (χ2v) is 4.77. The summed E-state index contributed by atoms with van der Waals surface area (Å²) < 4.78 is 0. The van der Waals surface area contributed by atoms with Crippen molar-refractivity contribution < 1.29 is 9.90 Å². The van der Waals surface area contributed by atoms with Crippen molar-refractivity contribution in [2.75, 3.05) is 0 Å². The number of carboxylic acid groups (broad SMARTS) is 1. The molecular weight excluding hydrogens is 210 g/mol. The number of aryl methyl sites for hydroxylation is 2. The quantitative estimate of drug-likeness (QED) is 0.729. The van der Waals surface area contributed by atoms with Crippen LogP contribution < -0.4 is 0 Å². The van der Waals surface area contributed by atoms with Crippen molar-refractivity contribution in [3.63, 3.8) is 0 Å². The van der Waals surface area contributed by atoms with Gasteiger partial charge in [0.2, 0.25) is 0 Å². The van der Waals surface area contributed by atoms with Crippen LogP contribution in [-0.2, 0) is 17.6 Å². The number of aliphatic carboxylic acids is 1. The standard InChI is InChI=1S/C11H17NO2S/c1-2-5-10-12-8-9(15-10)6-3-4-7-11(13)14/h8H,2-7H2,1H3,(H,13,14). The van der Waals surface area contributed by atoms with Crippen molar-refractivity contribution in [3.05, 3.63) is 16.1 Å². The number of thiazole rings is 1. The van der Waals surface area contributed by atoms with E-state index in [-0.39, 0.29) is 6.42 Å². The summed E-state index contributed by atoms with van der Waals surface area (Å²) in [7, 11) is 0. The lowest BCUT2D eigenvalue weighted by Crippen LogP contribution is -1.94. The molecule has 0 saturated carbocycles. The molecule has 3 nitrogen and oxygen atoms in total. The summed E-state index contributed by atoms with van der Waals surface area (Å²) in [6.45, 7) is 2.15. The van der Waals surface area contributed by atoms with Gasteiger partial charge >= 0.3 is 5.97 Å². The molecule has 15 heavy (non-hydrogen) atoms. The molecule has 0 saturated heterocycles. The van der Waals surface area contributed by atoms with E-state index in [1.54, 1.807) is 11.3 Å². The summed E-state index contributed by atoms with van der Waals surface area (Å²) >= 11 is 1.76. The lowest BCUT2D eigenvalue weighted by atomic mass is 10.2. The van der Waals surface area contributed by atoms with Crippen molar-refractivity contribution in [1.82, 2.24) is 4.98 Å². The van der Waals surface area contributed by atoms with E-state index in [1.807, 2.05) is 6.20 Å². The van der Waals surface area contributed by atoms with Crippen LogP contribution in [0.1, 0.15) is 42.5 Å². The van der Waals surface area contributed by atoms with Gasteiger partial charge in [-0.1, -0.05) is 6.92 Å². The molecule has 1 heterocycles. The Bertz CT molecular complexity index is 309. The molecule has 0 aliphatic rings. The summed E-state index contributed by atoms with van der Waals surface area (Å²) in [6, 6.07) is 0. The maximum atomic E-state index is 10.3. The van der Waals surface area contributed by atoms with Crippen LogP contribution in [-0.4, -0.2) is 16.1 Å². The molecule has 1 aromatic heterocycles. The fraction of sp³-hybridized carbons (Fsp3) is 0.636. The molecule has 0 aromatic carbocycles. The Morgan fingerprint density at radius 1 is 1.47 bits per heavy atom. The first-order chi connectivity index (χ1) is 7.22. The van der Waals surface area contributed by atoms with Gasteiger partial charge in [-0.2, -0.15) is 0 Å². The number of aromatic nitrogens is 1. The topological polar surface area (TPSA) is 50.2 Å². The summed E-state index contributed by atoms with van der Waals surface area (Å²) in [5.41, 5.74) is 0. The van der Waals surface area contributed by atoms with Crippen molar-refractivity contribution in [2.45, 2.75) is 45.4 Å². The van der Waals surface area contributed by atoms with E-state index in [4.69, 9.17) is 5.11 Å². The van der Waals surface area contributed by atoms with Crippen LogP contribution in [0.3, 0.4) is 0 Å². The second kappa shape index (κ2) is 6.56. The fourth-order valence-corrected chi connectivity index (χ4v) is 2.43. The third kappa shape index (κ3) is 4.93. The van der Waals surface area contributed by atoms with Gasteiger partial charge in [0.1, 0.15) is 0 Å². The number of hydrogen-bond acceptors (Lipinski definition) is 3. The average Bonchev–Trinajstić information content (AvgIpc) is 2.61. The molecule has 1 rings (SSSR count). The van der Waals surface area contributed by atoms with Crippen LogP contribution in [0.5, 0.6) is 0 Å². The number of unbranched alkanes of at least 4 members (excludes halogenated alkanes) is 1. The highest BCUT2D eigenvalue weighted by atomic mass is 32.1. The van der Waals surface area contributed by atoms with Gasteiger partial charge in [-0.15, -0.1) is 11.3 Å². The minimum absolute atomic E-state index is 0.278. The van der Waals surface area contributed by atoms with Gasteiger partial charge in [-0.3, -0.25) is 4.79 Å². The third-order valence-corrected chi connectivity index (χ3v) is 3.25. The lowest BCUT2D eigenvalue weighted by molar-refractivity contribution is -0.137. The molecule has 0 spiro atoms. The minimum Gasteiger partial charge on any atom is -0.481 e. The SMILES string of the molecule is CCCc1ncc(CCCCC(=O)O)s1. The van der Waals surface area contributed by atoms with E-state index in [9.17, 15) is 4.79 Å². The summed E-state index contributed by atoms with van der Waals surface area (Å²) in [4.78, 5) is 15.9. The van der Waals surface area contributed by atoms with Crippen LogP contribution >= 0.6 is 11.3 Å². The summed E-state index contributed by atoms with van der Waals surface area (Å²) in [6.07, 6.45) is 7.06. The highest BCUT2D eigenvalue weighted by molar-refractivity contribution is 7.11. The Morgan fingerprint density at radius 2 is 2.27 bits per heavy atom. The second-order valence-electron chi connectivity index (χ2n) is 3.57. The van der Waals surface area contributed by atoms with Crippen molar-refractivity contribution in [1.29, 1.82) is 0 Å². The Labute approximate surface area is 94.2 Å².